The van der Waals surface area contributed by atoms with Crippen molar-refractivity contribution < 1.29 is 39.5 Å². The van der Waals surface area contributed by atoms with Crippen LogP contribution in [0.2, 0.25) is 0 Å². The van der Waals surface area contributed by atoms with Crippen LogP contribution in [-0.4, -0.2) is 24.2 Å². The van der Waals surface area contributed by atoms with Gasteiger partial charge < -0.3 is 0 Å². The minimum Gasteiger partial charge on any atom is -0.237 e. The molecule has 1 atom stereocenters. The second-order valence-electron chi connectivity index (χ2n) is 2.26. The average Bonchev–Trinajstić information content (AvgIpc) is 2.01. The van der Waals surface area contributed by atoms with Gasteiger partial charge in [0, 0.05) is 0 Å². The SMILES string of the molecule is F[CH]C(F)(F)C(F)(F)C(F)C(F)(F)F. The third-order valence-corrected chi connectivity index (χ3v) is 1.19. The molecule has 0 heterocycles. The van der Waals surface area contributed by atoms with Crippen LogP contribution in [0.25, 0.3) is 0 Å². The van der Waals surface area contributed by atoms with Gasteiger partial charge in [0.1, 0.15) is 0 Å². The Morgan fingerprint density at radius 2 is 1.21 bits per heavy atom. The Labute approximate surface area is 71.7 Å². The van der Waals surface area contributed by atoms with E-state index in [4.69, 9.17) is 0 Å². The molecule has 0 spiro atoms. The zero-order valence-electron chi connectivity index (χ0n) is 6.06. The first kappa shape index (κ1) is 13.4. The zero-order valence-corrected chi connectivity index (χ0v) is 6.06. The maximum Gasteiger partial charge on any atom is 0.425 e. The van der Waals surface area contributed by atoms with Crippen molar-refractivity contribution in [3.05, 3.63) is 6.67 Å². The normalized spacial score (nSPS) is 16.9. The Hall–Kier alpha value is -0.630. The van der Waals surface area contributed by atoms with Crippen LogP contribution in [0.1, 0.15) is 0 Å². The summed E-state index contributed by atoms with van der Waals surface area (Å²) in [6.07, 6.45) is -11.3. The van der Waals surface area contributed by atoms with Gasteiger partial charge in [0.25, 0.3) is 6.17 Å². The summed E-state index contributed by atoms with van der Waals surface area (Å²) in [4.78, 5) is 0. The van der Waals surface area contributed by atoms with Crippen LogP contribution in [0.5, 0.6) is 0 Å². The van der Waals surface area contributed by atoms with Crippen LogP contribution in [0.3, 0.4) is 0 Å². The van der Waals surface area contributed by atoms with Gasteiger partial charge in [-0.3, -0.25) is 0 Å². The maximum atomic E-state index is 12.0. The van der Waals surface area contributed by atoms with Crippen molar-refractivity contribution in [1.29, 1.82) is 0 Å². The summed E-state index contributed by atoms with van der Waals surface area (Å²) in [5, 5.41) is 0. The van der Waals surface area contributed by atoms with Crippen molar-refractivity contribution >= 4 is 0 Å². The number of hydrogen-bond acceptors (Lipinski definition) is 0. The Balaban J connectivity index is 4.96. The van der Waals surface area contributed by atoms with Crippen LogP contribution in [-0.2, 0) is 0 Å². The summed E-state index contributed by atoms with van der Waals surface area (Å²) in [7, 11) is 0. The standard InChI is InChI=1S/C5H2F9/c6-1-3(8,9)4(10,11)2(7)5(12,13)14/h1-2H. The molecule has 14 heavy (non-hydrogen) atoms. The molecule has 0 saturated heterocycles. The molecule has 0 N–H and O–H groups in total. The fourth-order valence-electron chi connectivity index (χ4n) is 0.447. The van der Waals surface area contributed by atoms with Crippen molar-refractivity contribution in [2.45, 2.75) is 24.2 Å². The molecule has 1 radical (unpaired) electrons. The third kappa shape index (κ3) is 2.24. The van der Waals surface area contributed by atoms with Crippen LogP contribution >= 0.6 is 0 Å². The largest absolute Gasteiger partial charge is 0.425 e. The summed E-state index contributed by atoms with van der Waals surface area (Å²) in [5.74, 6) is -12.0. The second kappa shape index (κ2) is 3.50. The number of alkyl halides is 8. The van der Waals surface area contributed by atoms with Crippen LogP contribution < -0.4 is 0 Å². The first-order valence-electron chi connectivity index (χ1n) is 2.88. The molecule has 0 fully saturated rings. The lowest BCUT2D eigenvalue weighted by Crippen LogP contribution is -2.53. The molecule has 1 unspecified atom stereocenters. The van der Waals surface area contributed by atoms with Gasteiger partial charge in [-0.25, -0.2) is 8.78 Å². The van der Waals surface area contributed by atoms with E-state index in [1.54, 1.807) is 0 Å². The molecule has 0 rings (SSSR count). The van der Waals surface area contributed by atoms with Gasteiger partial charge in [0.2, 0.25) is 6.67 Å². The third-order valence-electron chi connectivity index (χ3n) is 1.19. The molecule has 0 aliphatic heterocycles. The topological polar surface area (TPSA) is 0 Å². The van der Waals surface area contributed by atoms with Gasteiger partial charge in [-0.2, -0.15) is 30.7 Å². The Morgan fingerprint density at radius 3 is 1.43 bits per heavy atom. The highest BCUT2D eigenvalue weighted by atomic mass is 19.4. The van der Waals surface area contributed by atoms with Gasteiger partial charge in [-0.05, 0) is 0 Å². The predicted molar refractivity (Wildman–Crippen MR) is 26.3 cm³/mol. The van der Waals surface area contributed by atoms with Crippen LogP contribution in [0.15, 0.2) is 0 Å². The monoisotopic (exact) mass is 233 g/mol. The summed E-state index contributed by atoms with van der Waals surface area (Å²) in [6, 6.07) is 0. The number of halogens is 9. The van der Waals surface area contributed by atoms with E-state index < -0.39 is 30.9 Å². The Kier molecular flexibility index (Phi) is 3.34. The molecule has 0 nitrogen and oxygen atoms in total. The van der Waals surface area contributed by atoms with Crippen molar-refractivity contribution in [2.24, 2.45) is 0 Å². The minimum atomic E-state index is -6.18. The van der Waals surface area contributed by atoms with E-state index >= 15 is 0 Å². The van der Waals surface area contributed by atoms with E-state index in [0.717, 1.165) is 0 Å². The fourth-order valence-corrected chi connectivity index (χ4v) is 0.447. The summed E-state index contributed by atoms with van der Waals surface area (Å²) in [5.41, 5.74) is 0. The molecule has 0 aromatic carbocycles. The van der Waals surface area contributed by atoms with E-state index in [2.05, 4.69) is 0 Å². The highest BCUT2D eigenvalue weighted by molar-refractivity contribution is 4.98. The lowest BCUT2D eigenvalue weighted by atomic mass is 10.1. The van der Waals surface area contributed by atoms with Gasteiger partial charge in [-0.1, -0.05) is 0 Å². The lowest BCUT2D eigenvalue weighted by Gasteiger charge is -2.27. The first-order chi connectivity index (χ1) is 5.97. The van der Waals surface area contributed by atoms with E-state index in [1.807, 2.05) is 0 Å². The van der Waals surface area contributed by atoms with E-state index in [9.17, 15) is 39.5 Å². The highest BCUT2D eigenvalue weighted by Gasteiger charge is 2.70. The quantitative estimate of drug-likeness (QED) is 0.656. The van der Waals surface area contributed by atoms with Crippen molar-refractivity contribution in [3.8, 4) is 0 Å². The lowest BCUT2D eigenvalue weighted by molar-refractivity contribution is -0.300. The fraction of sp³-hybridized carbons (Fsp3) is 0.800. The second-order valence-corrected chi connectivity index (χ2v) is 2.26. The van der Waals surface area contributed by atoms with Crippen molar-refractivity contribution in [2.75, 3.05) is 0 Å². The molecular formula is C5H2F9. The summed E-state index contributed by atoms with van der Waals surface area (Å²) < 4.78 is 104. The Morgan fingerprint density at radius 1 is 0.857 bits per heavy atom. The smallest absolute Gasteiger partial charge is 0.237 e. The highest BCUT2D eigenvalue weighted by Crippen LogP contribution is 2.45. The van der Waals surface area contributed by atoms with E-state index in [-0.39, 0.29) is 0 Å². The van der Waals surface area contributed by atoms with Gasteiger partial charge in [0.15, 0.2) is 0 Å². The molecular weight excluding hydrogens is 231 g/mol. The average molecular weight is 233 g/mol. The van der Waals surface area contributed by atoms with Crippen molar-refractivity contribution in [3.63, 3.8) is 0 Å². The van der Waals surface area contributed by atoms with Gasteiger partial charge in [-0.15, -0.1) is 0 Å². The molecule has 0 amide bonds. The van der Waals surface area contributed by atoms with Crippen molar-refractivity contribution in [1.82, 2.24) is 0 Å². The summed E-state index contributed by atoms with van der Waals surface area (Å²) in [6.45, 7) is -1.98. The predicted octanol–water partition coefficient (Wildman–Crippen LogP) is 3.29. The maximum absolute atomic E-state index is 12.0. The number of rotatable bonds is 3. The minimum absolute atomic E-state index is 1.98. The molecule has 85 valence electrons. The molecule has 0 bridgehead atoms. The van der Waals surface area contributed by atoms with E-state index in [0.29, 0.717) is 0 Å². The molecule has 0 aromatic heterocycles. The van der Waals surface area contributed by atoms with Crippen LogP contribution in [0, 0.1) is 6.67 Å². The van der Waals surface area contributed by atoms with E-state index in [1.165, 1.54) is 0 Å². The van der Waals surface area contributed by atoms with Gasteiger partial charge in [0.05, 0.1) is 0 Å². The number of hydrogen-bond donors (Lipinski definition) is 0. The molecule has 9 heteroatoms. The van der Waals surface area contributed by atoms with Gasteiger partial charge >= 0.3 is 18.0 Å². The zero-order chi connectivity index (χ0) is 11.8. The molecule has 0 saturated carbocycles. The molecule has 0 aromatic rings. The Bertz CT molecular complexity index is 192. The summed E-state index contributed by atoms with van der Waals surface area (Å²) >= 11 is 0. The first-order valence-corrected chi connectivity index (χ1v) is 2.88. The molecule has 0 aliphatic carbocycles. The van der Waals surface area contributed by atoms with Crippen LogP contribution in [0.4, 0.5) is 39.5 Å². The molecule has 0 aliphatic rings.